The molecule has 0 saturated heterocycles. The topological polar surface area (TPSA) is 0 Å². The molecule has 8 heavy (non-hydrogen) atoms. The highest BCUT2D eigenvalue weighted by Crippen LogP contribution is 2.54. The molecule has 1 aliphatic carbocycles. The van der Waals surface area contributed by atoms with Gasteiger partial charge in [-0.1, -0.05) is 13.8 Å². The van der Waals surface area contributed by atoms with Crippen molar-refractivity contribution in [3.8, 4) is 0 Å². The molecule has 0 aromatic rings. The molecule has 0 aliphatic heterocycles. The Labute approximate surface area is 47.9 Å². The molecule has 0 spiro atoms. The second-order valence-electron chi connectivity index (χ2n) is 3.13. The molecule has 0 amide bonds. The number of alkyl halides is 2. The van der Waals surface area contributed by atoms with Crippen LogP contribution in [0.5, 0.6) is 0 Å². The summed E-state index contributed by atoms with van der Waals surface area (Å²) in [6.07, 6.45) is -1.39. The van der Waals surface area contributed by atoms with Crippen LogP contribution in [-0.2, 0) is 0 Å². The van der Waals surface area contributed by atoms with Crippen LogP contribution in [0.3, 0.4) is 0 Å². The van der Waals surface area contributed by atoms with E-state index in [-0.39, 0.29) is 11.3 Å². The first-order valence-corrected chi connectivity index (χ1v) is 2.82. The highest BCUT2D eigenvalue weighted by molar-refractivity contribution is 4.96. The molecule has 2 heteroatoms. The highest BCUT2D eigenvalue weighted by Gasteiger charge is 2.51. The zero-order chi connectivity index (χ0) is 6.36. The third-order valence-electron chi connectivity index (χ3n) is 1.89. The Bertz CT molecular complexity index is 96.7. The number of halogens is 2. The predicted octanol–water partition coefficient (Wildman–Crippen LogP) is 2.30. The maximum Gasteiger partial charge on any atom is 0.241 e. The number of hydrogen-bond acceptors (Lipinski definition) is 0. The molecule has 0 nitrogen and oxygen atoms in total. The summed E-state index contributed by atoms with van der Waals surface area (Å²) >= 11 is 0. The summed E-state index contributed by atoms with van der Waals surface area (Å²) in [6, 6.07) is 0. The molecular formula is C6H10F2. The Morgan fingerprint density at radius 3 is 1.88 bits per heavy atom. The van der Waals surface area contributed by atoms with Gasteiger partial charge in [-0.25, -0.2) is 8.78 Å². The van der Waals surface area contributed by atoms with Gasteiger partial charge >= 0.3 is 0 Å². The summed E-state index contributed by atoms with van der Waals surface area (Å²) in [5, 5.41) is 0. The summed E-state index contributed by atoms with van der Waals surface area (Å²) in [7, 11) is 0. The second-order valence-corrected chi connectivity index (χ2v) is 3.13. The van der Waals surface area contributed by atoms with Gasteiger partial charge in [-0.2, -0.15) is 0 Å². The van der Waals surface area contributed by atoms with Crippen molar-refractivity contribution >= 4 is 0 Å². The Hall–Kier alpha value is -0.140. The Morgan fingerprint density at radius 1 is 1.50 bits per heavy atom. The van der Waals surface area contributed by atoms with E-state index in [0.29, 0.717) is 6.42 Å². The minimum absolute atomic E-state index is 0.0613. The van der Waals surface area contributed by atoms with E-state index in [4.69, 9.17) is 0 Å². The van der Waals surface area contributed by atoms with Crippen molar-refractivity contribution in [2.75, 3.05) is 0 Å². The van der Waals surface area contributed by atoms with Crippen LogP contribution < -0.4 is 0 Å². The van der Waals surface area contributed by atoms with Crippen LogP contribution in [0.4, 0.5) is 8.78 Å². The fraction of sp³-hybridized carbons (Fsp3) is 1.00. The van der Waals surface area contributed by atoms with Gasteiger partial charge in [0.05, 0.1) is 0 Å². The molecule has 1 atom stereocenters. The van der Waals surface area contributed by atoms with Gasteiger partial charge in [0.2, 0.25) is 6.43 Å². The molecule has 0 bridgehead atoms. The average molecular weight is 120 g/mol. The molecule has 0 N–H and O–H groups in total. The van der Waals surface area contributed by atoms with E-state index in [2.05, 4.69) is 0 Å². The van der Waals surface area contributed by atoms with Crippen molar-refractivity contribution in [2.45, 2.75) is 26.7 Å². The van der Waals surface area contributed by atoms with Gasteiger partial charge in [0.15, 0.2) is 0 Å². The zero-order valence-corrected chi connectivity index (χ0v) is 5.12. The van der Waals surface area contributed by atoms with Gasteiger partial charge in [-0.05, 0) is 11.8 Å². The fourth-order valence-corrected chi connectivity index (χ4v) is 0.938. The van der Waals surface area contributed by atoms with E-state index in [9.17, 15) is 8.78 Å². The Morgan fingerprint density at radius 2 is 1.88 bits per heavy atom. The van der Waals surface area contributed by atoms with Gasteiger partial charge < -0.3 is 0 Å². The average Bonchev–Trinajstić information content (AvgIpc) is 2.13. The minimum Gasteiger partial charge on any atom is -0.210 e. The lowest BCUT2D eigenvalue weighted by molar-refractivity contribution is 0.108. The molecule has 1 saturated carbocycles. The lowest BCUT2D eigenvalue weighted by Gasteiger charge is -1.98. The molecule has 48 valence electrons. The molecule has 0 aromatic heterocycles. The smallest absolute Gasteiger partial charge is 0.210 e. The van der Waals surface area contributed by atoms with Crippen molar-refractivity contribution in [3.63, 3.8) is 0 Å². The molecule has 0 heterocycles. The fourth-order valence-electron chi connectivity index (χ4n) is 0.938. The van der Waals surface area contributed by atoms with Gasteiger partial charge in [0.1, 0.15) is 0 Å². The number of rotatable bonds is 1. The van der Waals surface area contributed by atoms with Crippen LogP contribution in [0, 0.1) is 11.3 Å². The molecule has 1 rings (SSSR count). The largest absolute Gasteiger partial charge is 0.241 e. The maximum atomic E-state index is 11.7. The van der Waals surface area contributed by atoms with Gasteiger partial charge in [0.25, 0.3) is 0 Å². The van der Waals surface area contributed by atoms with Crippen molar-refractivity contribution in [2.24, 2.45) is 11.3 Å². The van der Waals surface area contributed by atoms with Crippen LogP contribution in [0.15, 0.2) is 0 Å². The molecule has 0 aromatic carbocycles. The van der Waals surface area contributed by atoms with E-state index >= 15 is 0 Å². The monoisotopic (exact) mass is 120 g/mol. The summed E-state index contributed by atoms with van der Waals surface area (Å²) in [6.45, 7) is 3.76. The van der Waals surface area contributed by atoms with E-state index < -0.39 is 6.43 Å². The Kier molecular flexibility index (Phi) is 1.07. The maximum absolute atomic E-state index is 11.7. The molecule has 0 radical (unpaired) electrons. The van der Waals surface area contributed by atoms with E-state index in [1.165, 1.54) is 0 Å². The summed E-state index contributed by atoms with van der Waals surface area (Å²) < 4.78 is 23.4. The van der Waals surface area contributed by atoms with Gasteiger partial charge in [-0.15, -0.1) is 0 Å². The highest BCUT2D eigenvalue weighted by atomic mass is 19.3. The zero-order valence-electron chi connectivity index (χ0n) is 5.12. The second kappa shape index (κ2) is 1.42. The van der Waals surface area contributed by atoms with Crippen LogP contribution in [0.25, 0.3) is 0 Å². The van der Waals surface area contributed by atoms with Crippen LogP contribution in [0.2, 0.25) is 0 Å². The first kappa shape index (κ1) is 5.99. The molecule has 1 fully saturated rings. The normalized spacial score (nSPS) is 33.4. The summed E-state index contributed by atoms with van der Waals surface area (Å²) in [5.74, 6) is -0.317. The minimum atomic E-state index is -2.09. The molecule has 1 aliphatic rings. The van der Waals surface area contributed by atoms with E-state index in [1.54, 1.807) is 0 Å². The number of hydrogen-bond donors (Lipinski definition) is 0. The quantitative estimate of drug-likeness (QED) is 0.498. The standard InChI is InChI=1S/C6H10F2/c1-6(2)3-4(6)5(7)8/h4-5H,3H2,1-2H3. The Balaban J connectivity index is 2.37. The van der Waals surface area contributed by atoms with Crippen LogP contribution >= 0.6 is 0 Å². The first-order valence-electron chi connectivity index (χ1n) is 2.82. The van der Waals surface area contributed by atoms with Crippen molar-refractivity contribution in [1.29, 1.82) is 0 Å². The lowest BCUT2D eigenvalue weighted by atomic mass is 10.1. The van der Waals surface area contributed by atoms with Crippen LogP contribution in [0.1, 0.15) is 20.3 Å². The SMILES string of the molecule is CC1(C)CC1C(F)F. The van der Waals surface area contributed by atoms with Crippen molar-refractivity contribution in [3.05, 3.63) is 0 Å². The van der Waals surface area contributed by atoms with E-state index in [0.717, 1.165) is 0 Å². The lowest BCUT2D eigenvalue weighted by Crippen LogP contribution is -1.99. The van der Waals surface area contributed by atoms with Crippen molar-refractivity contribution in [1.82, 2.24) is 0 Å². The first-order chi connectivity index (χ1) is 3.54. The molecule has 1 unspecified atom stereocenters. The summed E-state index contributed by atoms with van der Waals surface area (Å²) in [5.41, 5.74) is -0.0613. The predicted molar refractivity (Wildman–Crippen MR) is 27.9 cm³/mol. The third-order valence-corrected chi connectivity index (χ3v) is 1.89. The molecular weight excluding hydrogens is 110 g/mol. The van der Waals surface area contributed by atoms with Crippen molar-refractivity contribution < 1.29 is 8.78 Å². The van der Waals surface area contributed by atoms with E-state index in [1.807, 2.05) is 13.8 Å². The third kappa shape index (κ3) is 0.837. The van der Waals surface area contributed by atoms with Gasteiger partial charge in [0, 0.05) is 5.92 Å². The van der Waals surface area contributed by atoms with Crippen LogP contribution in [-0.4, -0.2) is 6.43 Å². The van der Waals surface area contributed by atoms with Gasteiger partial charge in [-0.3, -0.25) is 0 Å². The summed E-state index contributed by atoms with van der Waals surface area (Å²) in [4.78, 5) is 0.